The first-order valence-corrected chi connectivity index (χ1v) is 6.05. The first-order chi connectivity index (χ1) is 6.76. The van der Waals surface area contributed by atoms with Crippen LogP contribution in [0.3, 0.4) is 0 Å². The second kappa shape index (κ2) is 6.41. The van der Waals surface area contributed by atoms with Gasteiger partial charge in [0.05, 0.1) is 6.10 Å². The van der Waals surface area contributed by atoms with Crippen molar-refractivity contribution in [3.05, 3.63) is 0 Å². The minimum Gasteiger partial charge on any atom is -0.378 e. The fourth-order valence-corrected chi connectivity index (χ4v) is 1.94. The molecule has 1 fully saturated rings. The summed E-state index contributed by atoms with van der Waals surface area (Å²) in [4.78, 5) is 0. The van der Waals surface area contributed by atoms with Gasteiger partial charge in [-0.1, -0.05) is 20.3 Å². The van der Waals surface area contributed by atoms with Crippen molar-refractivity contribution in [1.82, 2.24) is 5.32 Å². The maximum atomic E-state index is 5.90. The largest absolute Gasteiger partial charge is 0.378 e. The Morgan fingerprint density at radius 1 is 1.29 bits per heavy atom. The van der Waals surface area contributed by atoms with Crippen molar-refractivity contribution in [3.8, 4) is 0 Å². The predicted octanol–water partition coefficient (Wildman–Crippen LogP) is 2.58. The van der Waals surface area contributed by atoms with Crippen LogP contribution < -0.4 is 5.32 Å². The van der Waals surface area contributed by atoms with E-state index >= 15 is 0 Å². The Bertz CT molecular complexity index is 141. The maximum absolute atomic E-state index is 5.90. The average Bonchev–Trinajstić information content (AvgIpc) is 2.26. The number of rotatable bonds is 5. The second-order valence-electron chi connectivity index (χ2n) is 4.61. The van der Waals surface area contributed by atoms with Crippen molar-refractivity contribution in [1.29, 1.82) is 0 Å². The minimum absolute atomic E-state index is 0.536. The van der Waals surface area contributed by atoms with Crippen LogP contribution in [0.2, 0.25) is 0 Å². The second-order valence-corrected chi connectivity index (χ2v) is 4.61. The molecule has 14 heavy (non-hydrogen) atoms. The van der Waals surface area contributed by atoms with Crippen molar-refractivity contribution < 1.29 is 4.74 Å². The van der Waals surface area contributed by atoms with E-state index in [1.807, 2.05) is 0 Å². The van der Waals surface area contributed by atoms with Gasteiger partial charge in [-0.15, -0.1) is 0 Å². The van der Waals surface area contributed by atoms with E-state index in [0.717, 1.165) is 18.6 Å². The summed E-state index contributed by atoms with van der Waals surface area (Å²) >= 11 is 0. The smallest absolute Gasteiger partial charge is 0.0576 e. The van der Waals surface area contributed by atoms with E-state index in [1.54, 1.807) is 0 Å². The van der Waals surface area contributed by atoms with Gasteiger partial charge >= 0.3 is 0 Å². The Labute approximate surface area is 88.4 Å². The molecule has 0 heterocycles. The summed E-state index contributed by atoms with van der Waals surface area (Å²) in [6.45, 7) is 5.44. The van der Waals surface area contributed by atoms with Crippen LogP contribution in [0, 0.1) is 5.92 Å². The van der Waals surface area contributed by atoms with Crippen molar-refractivity contribution in [2.75, 3.05) is 13.7 Å². The summed E-state index contributed by atoms with van der Waals surface area (Å²) in [5.41, 5.74) is 0. The Kier molecular flexibility index (Phi) is 5.49. The molecule has 0 aromatic heterocycles. The molecular formula is C12H25NO. The van der Waals surface area contributed by atoms with E-state index in [2.05, 4.69) is 26.2 Å². The van der Waals surface area contributed by atoms with Crippen LogP contribution in [0.25, 0.3) is 0 Å². The monoisotopic (exact) mass is 199 g/mol. The van der Waals surface area contributed by atoms with E-state index in [1.165, 1.54) is 32.1 Å². The van der Waals surface area contributed by atoms with Crippen LogP contribution >= 0.6 is 0 Å². The summed E-state index contributed by atoms with van der Waals surface area (Å²) in [6.07, 6.45) is 6.80. The highest BCUT2D eigenvalue weighted by molar-refractivity contribution is 4.76. The van der Waals surface area contributed by atoms with Crippen LogP contribution in [0.15, 0.2) is 0 Å². The molecule has 0 radical (unpaired) electrons. The van der Waals surface area contributed by atoms with Gasteiger partial charge in [-0.2, -0.15) is 0 Å². The molecular weight excluding hydrogens is 174 g/mol. The molecule has 1 N–H and O–H groups in total. The molecule has 1 atom stereocenters. The average molecular weight is 199 g/mol. The maximum Gasteiger partial charge on any atom is 0.0576 e. The first kappa shape index (κ1) is 12.0. The standard InChI is InChI=1S/C12H25NO/c1-4-10(2)9-14-12-7-5-11(13-3)6-8-12/h10-13H,4-9H2,1-3H3. The summed E-state index contributed by atoms with van der Waals surface area (Å²) in [7, 11) is 2.06. The lowest BCUT2D eigenvalue weighted by molar-refractivity contribution is 0.00574. The van der Waals surface area contributed by atoms with E-state index in [0.29, 0.717) is 6.10 Å². The zero-order valence-corrected chi connectivity index (χ0v) is 9.88. The molecule has 0 saturated heterocycles. The molecule has 0 bridgehead atoms. The summed E-state index contributed by atoms with van der Waals surface area (Å²) in [5, 5.41) is 3.34. The van der Waals surface area contributed by atoms with Crippen LogP contribution in [-0.4, -0.2) is 25.8 Å². The quantitative estimate of drug-likeness (QED) is 0.735. The van der Waals surface area contributed by atoms with Gasteiger partial charge in [0.1, 0.15) is 0 Å². The molecule has 0 aliphatic heterocycles. The van der Waals surface area contributed by atoms with Gasteiger partial charge < -0.3 is 10.1 Å². The molecule has 0 aromatic carbocycles. The number of ether oxygens (including phenoxy) is 1. The van der Waals surface area contributed by atoms with Gasteiger partial charge in [-0.05, 0) is 38.6 Å². The third kappa shape index (κ3) is 3.97. The lowest BCUT2D eigenvalue weighted by atomic mass is 9.93. The first-order valence-electron chi connectivity index (χ1n) is 6.05. The van der Waals surface area contributed by atoms with Gasteiger partial charge in [-0.25, -0.2) is 0 Å². The molecule has 0 amide bonds. The fraction of sp³-hybridized carbons (Fsp3) is 1.00. The molecule has 0 aromatic rings. The van der Waals surface area contributed by atoms with Gasteiger partial charge in [0.25, 0.3) is 0 Å². The van der Waals surface area contributed by atoms with Gasteiger partial charge in [-0.3, -0.25) is 0 Å². The van der Waals surface area contributed by atoms with Crippen molar-refractivity contribution in [2.45, 2.75) is 58.1 Å². The van der Waals surface area contributed by atoms with E-state index in [4.69, 9.17) is 4.74 Å². The predicted molar refractivity (Wildman–Crippen MR) is 60.5 cm³/mol. The topological polar surface area (TPSA) is 21.3 Å². The zero-order valence-electron chi connectivity index (χ0n) is 9.88. The summed E-state index contributed by atoms with van der Waals surface area (Å²) in [5.74, 6) is 0.719. The van der Waals surface area contributed by atoms with Gasteiger partial charge in [0.15, 0.2) is 0 Å². The van der Waals surface area contributed by atoms with Crippen LogP contribution in [-0.2, 0) is 4.74 Å². The molecule has 1 unspecified atom stereocenters. The van der Waals surface area contributed by atoms with Crippen LogP contribution in [0.4, 0.5) is 0 Å². The van der Waals surface area contributed by atoms with Gasteiger partial charge in [0, 0.05) is 12.6 Å². The SMILES string of the molecule is CCC(C)COC1CCC(NC)CC1. The van der Waals surface area contributed by atoms with Crippen LogP contribution in [0.1, 0.15) is 46.0 Å². The molecule has 2 nitrogen and oxygen atoms in total. The third-order valence-electron chi connectivity index (χ3n) is 3.40. The summed E-state index contributed by atoms with van der Waals surface area (Å²) < 4.78 is 5.90. The molecule has 1 saturated carbocycles. The molecule has 1 rings (SSSR count). The lowest BCUT2D eigenvalue weighted by Crippen LogP contribution is -2.33. The van der Waals surface area contributed by atoms with Gasteiger partial charge in [0.2, 0.25) is 0 Å². The Morgan fingerprint density at radius 2 is 1.93 bits per heavy atom. The third-order valence-corrected chi connectivity index (χ3v) is 3.40. The van der Waals surface area contributed by atoms with E-state index in [-0.39, 0.29) is 0 Å². The van der Waals surface area contributed by atoms with Crippen LogP contribution in [0.5, 0.6) is 0 Å². The number of hydrogen-bond acceptors (Lipinski definition) is 2. The van der Waals surface area contributed by atoms with Crippen molar-refractivity contribution in [2.24, 2.45) is 5.92 Å². The Balaban J connectivity index is 2.10. The summed E-state index contributed by atoms with van der Waals surface area (Å²) in [6, 6.07) is 0.735. The van der Waals surface area contributed by atoms with E-state index < -0.39 is 0 Å². The molecule has 0 spiro atoms. The molecule has 1 aliphatic carbocycles. The zero-order chi connectivity index (χ0) is 10.4. The molecule has 84 valence electrons. The Morgan fingerprint density at radius 3 is 2.43 bits per heavy atom. The fourth-order valence-electron chi connectivity index (χ4n) is 1.94. The highest BCUT2D eigenvalue weighted by Gasteiger charge is 2.20. The highest BCUT2D eigenvalue weighted by Crippen LogP contribution is 2.21. The Hall–Kier alpha value is -0.0800. The molecule has 1 aliphatic rings. The van der Waals surface area contributed by atoms with Crippen molar-refractivity contribution in [3.63, 3.8) is 0 Å². The normalized spacial score (nSPS) is 30.2. The molecule has 2 heteroatoms. The van der Waals surface area contributed by atoms with Crippen molar-refractivity contribution >= 4 is 0 Å². The number of hydrogen-bond donors (Lipinski definition) is 1. The lowest BCUT2D eigenvalue weighted by Gasteiger charge is -2.29. The highest BCUT2D eigenvalue weighted by atomic mass is 16.5. The number of nitrogens with one attached hydrogen (secondary N) is 1. The van der Waals surface area contributed by atoms with E-state index in [9.17, 15) is 0 Å². The minimum atomic E-state index is 0.536.